The Balaban J connectivity index is 1.67. The molecule has 1 N–H and O–H groups in total. The van der Waals surface area contributed by atoms with E-state index in [0.717, 1.165) is 31.9 Å². The van der Waals surface area contributed by atoms with Gasteiger partial charge in [0.05, 0.1) is 0 Å². The summed E-state index contributed by atoms with van der Waals surface area (Å²) in [5.74, 6) is 0.631. The summed E-state index contributed by atoms with van der Waals surface area (Å²) in [6.07, 6.45) is 3.93. The number of fused-ring (bicyclic) bond motifs is 1. The topological polar surface area (TPSA) is 71.8 Å². The number of aromatic amines is 1. The molecule has 6 nitrogen and oxygen atoms in total. The minimum absolute atomic E-state index is 0.631. The van der Waals surface area contributed by atoms with Crippen molar-refractivity contribution < 1.29 is 0 Å². The van der Waals surface area contributed by atoms with E-state index in [0.29, 0.717) is 5.82 Å². The molecule has 3 aromatic heterocycles. The molecule has 4 aromatic rings. The second-order valence-electron chi connectivity index (χ2n) is 4.98. The second kappa shape index (κ2) is 5.60. The van der Waals surface area contributed by atoms with Crippen molar-refractivity contribution in [3.05, 3.63) is 51.6 Å². The van der Waals surface area contributed by atoms with Crippen molar-refractivity contribution in [3.63, 3.8) is 0 Å². The molecule has 1 aromatic carbocycles. The average molecular weight is 343 g/mol. The number of aromatic nitrogens is 6. The van der Waals surface area contributed by atoms with Gasteiger partial charge in [-0.25, -0.2) is 0 Å². The fraction of sp³-hybridized carbons (Fsp3) is 0.0667. The Bertz CT molecular complexity index is 995. The van der Waals surface area contributed by atoms with Gasteiger partial charge in [-0.3, -0.25) is 5.10 Å². The SMILES string of the molecule is Cc1cc(-c2nnc3sc(C=Cc4ccc(Cl)cc4)nn23)n[nH]1. The zero-order chi connectivity index (χ0) is 15.8. The van der Waals surface area contributed by atoms with Gasteiger partial charge in [-0.2, -0.15) is 14.7 Å². The summed E-state index contributed by atoms with van der Waals surface area (Å²) in [5, 5.41) is 21.5. The summed E-state index contributed by atoms with van der Waals surface area (Å²) in [5.41, 5.74) is 2.76. The van der Waals surface area contributed by atoms with Crippen LogP contribution in [0.5, 0.6) is 0 Å². The van der Waals surface area contributed by atoms with Crippen LogP contribution < -0.4 is 0 Å². The summed E-state index contributed by atoms with van der Waals surface area (Å²) in [6.45, 7) is 1.94. The molecule has 0 amide bonds. The lowest BCUT2D eigenvalue weighted by atomic mass is 10.2. The van der Waals surface area contributed by atoms with Crippen molar-refractivity contribution in [2.45, 2.75) is 6.92 Å². The van der Waals surface area contributed by atoms with Crippen molar-refractivity contribution in [3.8, 4) is 11.5 Å². The molecule has 0 aliphatic rings. The molecule has 0 atom stereocenters. The van der Waals surface area contributed by atoms with Crippen LogP contribution in [0.2, 0.25) is 5.02 Å². The van der Waals surface area contributed by atoms with Crippen LogP contribution in [-0.2, 0) is 0 Å². The van der Waals surface area contributed by atoms with E-state index in [1.165, 1.54) is 11.3 Å². The van der Waals surface area contributed by atoms with Gasteiger partial charge in [-0.15, -0.1) is 10.2 Å². The Morgan fingerprint density at radius 3 is 2.74 bits per heavy atom. The maximum Gasteiger partial charge on any atom is 0.235 e. The highest BCUT2D eigenvalue weighted by Crippen LogP contribution is 2.22. The van der Waals surface area contributed by atoms with Crippen LogP contribution in [0, 0.1) is 6.92 Å². The zero-order valence-electron chi connectivity index (χ0n) is 12.1. The van der Waals surface area contributed by atoms with Crippen LogP contribution in [-0.4, -0.2) is 30.0 Å². The molecule has 0 spiro atoms. The van der Waals surface area contributed by atoms with E-state index < -0.39 is 0 Å². The van der Waals surface area contributed by atoms with Crippen LogP contribution in [0.4, 0.5) is 0 Å². The van der Waals surface area contributed by atoms with Gasteiger partial charge in [0.25, 0.3) is 0 Å². The maximum atomic E-state index is 5.88. The smallest absolute Gasteiger partial charge is 0.235 e. The molecule has 0 aliphatic carbocycles. The van der Waals surface area contributed by atoms with Crippen LogP contribution >= 0.6 is 22.9 Å². The van der Waals surface area contributed by atoms with E-state index in [1.807, 2.05) is 49.4 Å². The van der Waals surface area contributed by atoms with E-state index in [2.05, 4.69) is 25.5 Å². The minimum atomic E-state index is 0.631. The van der Waals surface area contributed by atoms with Crippen molar-refractivity contribution in [2.75, 3.05) is 0 Å². The normalized spacial score (nSPS) is 11.7. The summed E-state index contributed by atoms with van der Waals surface area (Å²) in [7, 11) is 0. The monoisotopic (exact) mass is 342 g/mol. The van der Waals surface area contributed by atoms with Gasteiger partial charge in [-0.1, -0.05) is 41.1 Å². The molecule has 8 heteroatoms. The molecule has 3 heterocycles. The van der Waals surface area contributed by atoms with Crippen molar-refractivity contribution in [1.82, 2.24) is 30.0 Å². The van der Waals surface area contributed by atoms with Crippen molar-refractivity contribution >= 4 is 40.1 Å². The predicted molar refractivity (Wildman–Crippen MR) is 91.4 cm³/mol. The molecule has 0 fully saturated rings. The van der Waals surface area contributed by atoms with Gasteiger partial charge >= 0.3 is 0 Å². The maximum absolute atomic E-state index is 5.88. The Labute approximate surface area is 140 Å². The van der Waals surface area contributed by atoms with Gasteiger partial charge < -0.3 is 0 Å². The number of H-pyrrole nitrogens is 1. The van der Waals surface area contributed by atoms with Gasteiger partial charge in [0.1, 0.15) is 10.7 Å². The van der Waals surface area contributed by atoms with E-state index in [9.17, 15) is 0 Å². The highest BCUT2D eigenvalue weighted by molar-refractivity contribution is 7.17. The number of rotatable bonds is 3. The van der Waals surface area contributed by atoms with Crippen LogP contribution in [0.25, 0.3) is 28.6 Å². The number of aryl methyl sites for hydroxylation is 1. The van der Waals surface area contributed by atoms with Gasteiger partial charge in [-0.05, 0) is 36.8 Å². The standard InChI is InChI=1S/C15H11ClN6S/c1-9-8-12(18-17-9)14-19-20-15-22(14)21-13(23-15)7-4-10-2-5-11(16)6-3-10/h2-8H,1H3,(H,17,18). The first kappa shape index (κ1) is 14.1. The number of benzene rings is 1. The Morgan fingerprint density at radius 2 is 2.00 bits per heavy atom. The Hall–Kier alpha value is -2.51. The first-order chi connectivity index (χ1) is 11.2. The van der Waals surface area contributed by atoms with Crippen LogP contribution in [0.1, 0.15) is 16.3 Å². The first-order valence-electron chi connectivity index (χ1n) is 6.87. The minimum Gasteiger partial charge on any atom is -0.282 e. The Morgan fingerprint density at radius 1 is 1.17 bits per heavy atom. The fourth-order valence-corrected chi connectivity index (χ4v) is 3.00. The quantitative estimate of drug-likeness (QED) is 0.616. The molecule has 23 heavy (non-hydrogen) atoms. The molecule has 4 rings (SSSR count). The highest BCUT2D eigenvalue weighted by Gasteiger charge is 2.14. The first-order valence-corrected chi connectivity index (χ1v) is 8.07. The molecule has 0 saturated heterocycles. The predicted octanol–water partition coefficient (Wildman–Crippen LogP) is 3.71. The zero-order valence-corrected chi connectivity index (χ0v) is 13.6. The summed E-state index contributed by atoms with van der Waals surface area (Å²) >= 11 is 7.35. The highest BCUT2D eigenvalue weighted by atomic mass is 35.5. The molecule has 0 radical (unpaired) electrons. The van der Waals surface area contributed by atoms with Crippen molar-refractivity contribution in [1.29, 1.82) is 0 Å². The van der Waals surface area contributed by atoms with Crippen molar-refractivity contribution in [2.24, 2.45) is 0 Å². The molecule has 0 unspecified atom stereocenters. The average Bonchev–Trinajstić information content (AvgIpc) is 3.22. The lowest BCUT2D eigenvalue weighted by molar-refractivity contribution is 0.943. The molecular weight excluding hydrogens is 332 g/mol. The lowest BCUT2D eigenvalue weighted by Crippen LogP contribution is -1.90. The number of nitrogens with zero attached hydrogens (tertiary/aromatic N) is 5. The molecule has 0 aliphatic heterocycles. The van der Waals surface area contributed by atoms with Gasteiger partial charge in [0, 0.05) is 10.7 Å². The third-order valence-electron chi connectivity index (χ3n) is 3.23. The lowest BCUT2D eigenvalue weighted by Gasteiger charge is -1.92. The van der Waals surface area contributed by atoms with Gasteiger partial charge in [0.2, 0.25) is 10.8 Å². The van der Waals surface area contributed by atoms with E-state index in [4.69, 9.17) is 11.6 Å². The molecule has 0 saturated carbocycles. The Kier molecular flexibility index (Phi) is 3.44. The van der Waals surface area contributed by atoms with E-state index in [-0.39, 0.29) is 0 Å². The fourth-order valence-electron chi connectivity index (χ4n) is 2.13. The number of halogens is 1. The second-order valence-corrected chi connectivity index (χ2v) is 6.40. The van der Waals surface area contributed by atoms with Crippen LogP contribution in [0.3, 0.4) is 0 Å². The molecular formula is C15H11ClN6S. The summed E-state index contributed by atoms with van der Waals surface area (Å²) in [4.78, 5) is 0.733. The third kappa shape index (κ3) is 2.76. The molecule has 0 bridgehead atoms. The number of nitrogens with one attached hydrogen (secondary N) is 1. The molecule has 114 valence electrons. The summed E-state index contributed by atoms with van der Waals surface area (Å²) < 4.78 is 1.71. The van der Waals surface area contributed by atoms with Crippen LogP contribution in [0.15, 0.2) is 30.3 Å². The largest absolute Gasteiger partial charge is 0.282 e. The van der Waals surface area contributed by atoms with E-state index >= 15 is 0 Å². The summed E-state index contributed by atoms with van der Waals surface area (Å²) in [6, 6.07) is 9.54. The number of hydrogen-bond acceptors (Lipinski definition) is 5. The van der Waals surface area contributed by atoms with Gasteiger partial charge in [0.15, 0.2) is 0 Å². The number of hydrogen-bond donors (Lipinski definition) is 1. The van der Waals surface area contributed by atoms with E-state index in [1.54, 1.807) is 4.52 Å². The third-order valence-corrected chi connectivity index (χ3v) is 4.35.